The van der Waals surface area contributed by atoms with Gasteiger partial charge in [-0.15, -0.1) is 0 Å². The first-order chi connectivity index (χ1) is 12.4. The number of hydrogen-bond acceptors (Lipinski definition) is 4. The molecule has 1 N–H and O–H groups in total. The third-order valence-corrected chi connectivity index (χ3v) is 5.10. The Kier molecular flexibility index (Phi) is 4.91. The third kappa shape index (κ3) is 3.65. The van der Waals surface area contributed by atoms with E-state index in [2.05, 4.69) is 55.2 Å². The SMILES string of the molecule is c1ccc(CCCCNc2ncnc3c2ncn3C2CCCC2)cc1. The summed E-state index contributed by atoms with van der Waals surface area (Å²) in [6.07, 6.45) is 12.1. The van der Waals surface area contributed by atoms with Crippen molar-refractivity contribution in [3.63, 3.8) is 0 Å². The zero-order chi connectivity index (χ0) is 16.9. The van der Waals surface area contributed by atoms with Crippen molar-refractivity contribution in [2.24, 2.45) is 0 Å². The highest BCUT2D eigenvalue weighted by Crippen LogP contribution is 2.32. The highest BCUT2D eigenvalue weighted by molar-refractivity contribution is 5.82. The molecule has 0 amide bonds. The fraction of sp³-hybridized carbons (Fsp3) is 0.450. The van der Waals surface area contributed by atoms with E-state index in [1.807, 2.05) is 6.33 Å². The van der Waals surface area contributed by atoms with Crippen molar-refractivity contribution in [1.82, 2.24) is 19.5 Å². The molecule has 2 heterocycles. The van der Waals surface area contributed by atoms with E-state index in [-0.39, 0.29) is 0 Å². The third-order valence-electron chi connectivity index (χ3n) is 5.10. The van der Waals surface area contributed by atoms with E-state index in [0.717, 1.165) is 36.4 Å². The average molecular weight is 335 g/mol. The Bertz CT molecular complexity index is 805. The van der Waals surface area contributed by atoms with Gasteiger partial charge < -0.3 is 9.88 Å². The van der Waals surface area contributed by atoms with Gasteiger partial charge in [-0.3, -0.25) is 0 Å². The zero-order valence-electron chi connectivity index (χ0n) is 14.6. The molecule has 2 aromatic heterocycles. The van der Waals surface area contributed by atoms with Gasteiger partial charge in [0.25, 0.3) is 0 Å². The lowest BCUT2D eigenvalue weighted by atomic mass is 10.1. The number of benzene rings is 1. The van der Waals surface area contributed by atoms with Crippen LogP contribution >= 0.6 is 0 Å². The molecule has 25 heavy (non-hydrogen) atoms. The second-order valence-electron chi connectivity index (χ2n) is 6.85. The molecule has 0 spiro atoms. The first kappa shape index (κ1) is 16.1. The Hall–Kier alpha value is -2.43. The molecule has 1 aliphatic rings. The molecule has 1 aromatic carbocycles. The van der Waals surface area contributed by atoms with E-state index >= 15 is 0 Å². The first-order valence-corrected chi connectivity index (χ1v) is 9.37. The van der Waals surface area contributed by atoms with Crippen molar-refractivity contribution in [3.8, 4) is 0 Å². The minimum absolute atomic E-state index is 0.554. The molecule has 0 atom stereocenters. The molecule has 1 aliphatic carbocycles. The van der Waals surface area contributed by atoms with E-state index < -0.39 is 0 Å². The van der Waals surface area contributed by atoms with Crippen molar-refractivity contribution in [2.45, 2.75) is 51.0 Å². The number of aromatic nitrogens is 4. The molecule has 4 rings (SSSR count). The molecule has 130 valence electrons. The molecule has 1 saturated carbocycles. The van der Waals surface area contributed by atoms with Gasteiger partial charge in [0.1, 0.15) is 11.8 Å². The van der Waals surface area contributed by atoms with Crippen molar-refractivity contribution in [2.75, 3.05) is 11.9 Å². The Morgan fingerprint density at radius 2 is 1.84 bits per heavy atom. The van der Waals surface area contributed by atoms with Crippen LogP contribution in [0.4, 0.5) is 5.82 Å². The molecule has 3 aromatic rings. The van der Waals surface area contributed by atoms with Crippen LogP contribution in [0.1, 0.15) is 50.1 Å². The van der Waals surface area contributed by atoms with Gasteiger partial charge in [0, 0.05) is 12.6 Å². The second kappa shape index (κ2) is 7.64. The summed E-state index contributed by atoms with van der Waals surface area (Å²) in [5, 5.41) is 3.45. The lowest BCUT2D eigenvalue weighted by Gasteiger charge is -2.11. The van der Waals surface area contributed by atoms with Crippen LogP contribution in [0.2, 0.25) is 0 Å². The highest BCUT2D eigenvalue weighted by atomic mass is 15.2. The molecule has 0 bridgehead atoms. The summed E-state index contributed by atoms with van der Waals surface area (Å²) < 4.78 is 2.24. The summed E-state index contributed by atoms with van der Waals surface area (Å²) in [7, 11) is 0. The molecule has 0 radical (unpaired) electrons. The largest absolute Gasteiger partial charge is 0.368 e. The lowest BCUT2D eigenvalue weighted by Crippen LogP contribution is -2.07. The Labute approximate surface area is 148 Å². The number of aryl methyl sites for hydroxylation is 1. The van der Waals surface area contributed by atoms with Crippen LogP contribution in [-0.4, -0.2) is 26.1 Å². The Balaban J connectivity index is 1.35. The number of nitrogens with one attached hydrogen (secondary N) is 1. The number of rotatable bonds is 7. The van der Waals surface area contributed by atoms with E-state index in [4.69, 9.17) is 0 Å². The van der Waals surface area contributed by atoms with Crippen molar-refractivity contribution in [3.05, 3.63) is 48.5 Å². The maximum Gasteiger partial charge on any atom is 0.165 e. The summed E-state index contributed by atoms with van der Waals surface area (Å²) in [6, 6.07) is 11.2. The highest BCUT2D eigenvalue weighted by Gasteiger charge is 2.20. The molecule has 0 saturated heterocycles. The smallest absolute Gasteiger partial charge is 0.165 e. The molecule has 1 fully saturated rings. The minimum atomic E-state index is 0.554. The topological polar surface area (TPSA) is 55.6 Å². The first-order valence-electron chi connectivity index (χ1n) is 9.37. The van der Waals surface area contributed by atoms with Gasteiger partial charge in [-0.2, -0.15) is 0 Å². The molecule has 5 heteroatoms. The van der Waals surface area contributed by atoms with Gasteiger partial charge in [0.05, 0.1) is 6.33 Å². The van der Waals surface area contributed by atoms with Crippen LogP contribution in [0.15, 0.2) is 43.0 Å². The maximum atomic E-state index is 4.59. The predicted molar refractivity (Wildman–Crippen MR) is 101 cm³/mol. The summed E-state index contributed by atoms with van der Waals surface area (Å²) in [6.45, 7) is 0.912. The summed E-state index contributed by atoms with van der Waals surface area (Å²) >= 11 is 0. The molecular weight excluding hydrogens is 310 g/mol. The van der Waals surface area contributed by atoms with Gasteiger partial charge in [-0.25, -0.2) is 15.0 Å². The van der Waals surface area contributed by atoms with E-state index in [1.165, 1.54) is 37.7 Å². The number of unbranched alkanes of at least 4 members (excludes halogenated alkanes) is 1. The van der Waals surface area contributed by atoms with Crippen LogP contribution < -0.4 is 5.32 Å². The van der Waals surface area contributed by atoms with Gasteiger partial charge in [0.15, 0.2) is 11.5 Å². The number of hydrogen-bond donors (Lipinski definition) is 1. The molecule has 0 unspecified atom stereocenters. The molecule has 5 nitrogen and oxygen atoms in total. The Morgan fingerprint density at radius 1 is 1.00 bits per heavy atom. The summed E-state index contributed by atoms with van der Waals surface area (Å²) in [5.74, 6) is 0.862. The summed E-state index contributed by atoms with van der Waals surface area (Å²) in [5.41, 5.74) is 3.27. The monoisotopic (exact) mass is 335 g/mol. The normalized spacial score (nSPS) is 15.0. The van der Waals surface area contributed by atoms with Crippen LogP contribution in [0.5, 0.6) is 0 Å². The van der Waals surface area contributed by atoms with Gasteiger partial charge >= 0.3 is 0 Å². The lowest BCUT2D eigenvalue weighted by molar-refractivity contribution is 0.529. The molecular formula is C20H25N5. The van der Waals surface area contributed by atoms with Crippen LogP contribution in [-0.2, 0) is 6.42 Å². The zero-order valence-corrected chi connectivity index (χ0v) is 14.6. The predicted octanol–water partition coefficient (Wildman–Crippen LogP) is 4.38. The number of anilines is 1. The minimum Gasteiger partial charge on any atom is -0.368 e. The van der Waals surface area contributed by atoms with Crippen molar-refractivity contribution in [1.29, 1.82) is 0 Å². The Morgan fingerprint density at radius 3 is 2.68 bits per heavy atom. The maximum absolute atomic E-state index is 4.59. The average Bonchev–Trinajstić information content (AvgIpc) is 3.32. The standard InChI is InChI=1S/C20H25N5/c1-2-8-16(9-3-1)10-6-7-13-21-19-18-20(23-14-22-19)25(15-24-18)17-11-4-5-12-17/h1-3,8-9,14-15,17H,4-7,10-13H2,(H,21,22,23). The number of imidazole rings is 1. The van der Waals surface area contributed by atoms with E-state index in [9.17, 15) is 0 Å². The van der Waals surface area contributed by atoms with Crippen LogP contribution in [0, 0.1) is 0 Å². The fourth-order valence-electron chi connectivity index (χ4n) is 3.74. The van der Waals surface area contributed by atoms with Gasteiger partial charge in [0.2, 0.25) is 0 Å². The quantitative estimate of drug-likeness (QED) is 0.651. The summed E-state index contributed by atoms with van der Waals surface area (Å²) in [4.78, 5) is 13.5. The van der Waals surface area contributed by atoms with Crippen LogP contribution in [0.25, 0.3) is 11.2 Å². The fourth-order valence-corrected chi connectivity index (χ4v) is 3.74. The van der Waals surface area contributed by atoms with Crippen molar-refractivity contribution < 1.29 is 0 Å². The number of fused-ring (bicyclic) bond motifs is 1. The number of nitrogens with zero attached hydrogens (tertiary/aromatic N) is 4. The van der Waals surface area contributed by atoms with E-state index in [1.54, 1.807) is 6.33 Å². The van der Waals surface area contributed by atoms with Gasteiger partial charge in [-0.1, -0.05) is 43.2 Å². The van der Waals surface area contributed by atoms with Gasteiger partial charge in [-0.05, 0) is 37.7 Å². The second-order valence-corrected chi connectivity index (χ2v) is 6.85. The molecule has 0 aliphatic heterocycles. The van der Waals surface area contributed by atoms with E-state index in [0.29, 0.717) is 6.04 Å². The van der Waals surface area contributed by atoms with Crippen molar-refractivity contribution >= 4 is 17.0 Å². The van der Waals surface area contributed by atoms with Crippen LogP contribution in [0.3, 0.4) is 0 Å².